The van der Waals surface area contributed by atoms with Crippen LogP contribution in [-0.2, 0) is 14.3 Å². The first-order chi connectivity index (χ1) is 13.5. The quantitative estimate of drug-likeness (QED) is 0.530. The molecule has 5 heteroatoms. The Hall–Kier alpha value is -1.75. The van der Waals surface area contributed by atoms with E-state index >= 15 is 0 Å². The molecule has 5 nitrogen and oxygen atoms in total. The van der Waals surface area contributed by atoms with Crippen molar-refractivity contribution in [1.82, 2.24) is 0 Å². The van der Waals surface area contributed by atoms with E-state index in [-0.39, 0.29) is 18.1 Å². The lowest BCUT2D eigenvalue weighted by Gasteiger charge is -2.37. The fourth-order valence-electron chi connectivity index (χ4n) is 4.01. The first kappa shape index (κ1) is 22.5. The molecular formula is C23H37NO4. The molecule has 2 rings (SSSR count). The first-order valence-electron chi connectivity index (χ1n) is 10.6. The molecule has 0 bridgehead atoms. The number of esters is 1. The maximum absolute atomic E-state index is 11.9. The number of carbonyl (C=O) groups is 1. The lowest BCUT2D eigenvalue weighted by molar-refractivity contribution is -0.141. The van der Waals surface area contributed by atoms with Gasteiger partial charge < -0.3 is 19.1 Å². The van der Waals surface area contributed by atoms with Gasteiger partial charge in [-0.15, -0.1) is 0 Å². The molecule has 2 atom stereocenters. The lowest BCUT2D eigenvalue weighted by atomic mass is 9.91. The largest absolute Gasteiger partial charge is 0.497 e. The lowest BCUT2D eigenvalue weighted by Crippen LogP contribution is -2.41. The second-order valence-corrected chi connectivity index (χ2v) is 7.90. The van der Waals surface area contributed by atoms with Gasteiger partial charge in [0.1, 0.15) is 5.75 Å². The van der Waals surface area contributed by atoms with Crippen LogP contribution in [-0.4, -0.2) is 45.5 Å². The number of hydrogen-bond acceptors (Lipinski definition) is 5. The average Bonchev–Trinajstić information content (AvgIpc) is 2.70. The summed E-state index contributed by atoms with van der Waals surface area (Å²) in [6.07, 6.45) is 6.05. The van der Waals surface area contributed by atoms with Crippen LogP contribution in [0.1, 0.15) is 70.8 Å². The number of hydrogen-bond donors (Lipinski definition) is 0. The molecule has 0 N–H and O–H groups in total. The molecule has 1 aromatic carbocycles. The Morgan fingerprint density at radius 1 is 1.21 bits per heavy atom. The highest BCUT2D eigenvalue weighted by Crippen LogP contribution is 2.35. The van der Waals surface area contributed by atoms with Gasteiger partial charge in [0.2, 0.25) is 0 Å². The van der Waals surface area contributed by atoms with Gasteiger partial charge in [0, 0.05) is 30.9 Å². The van der Waals surface area contributed by atoms with Crippen molar-refractivity contribution in [2.75, 3.05) is 32.3 Å². The van der Waals surface area contributed by atoms with Crippen LogP contribution in [0.2, 0.25) is 0 Å². The molecule has 1 heterocycles. The number of piperidine rings is 1. The molecule has 0 aromatic heterocycles. The van der Waals surface area contributed by atoms with Gasteiger partial charge in [0.25, 0.3) is 0 Å². The summed E-state index contributed by atoms with van der Waals surface area (Å²) in [7, 11) is 3.18. The van der Waals surface area contributed by atoms with Crippen molar-refractivity contribution in [3.63, 3.8) is 0 Å². The molecule has 0 spiro atoms. The molecule has 158 valence electrons. The van der Waals surface area contributed by atoms with E-state index in [1.807, 2.05) is 0 Å². The number of benzene rings is 1. The Bertz CT molecular complexity index is 617. The Morgan fingerprint density at radius 2 is 2.00 bits per heavy atom. The predicted octanol–water partition coefficient (Wildman–Crippen LogP) is 4.93. The van der Waals surface area contributed by atoms with E-state index < -0.39 is 0 Å². The van der Waals surface area contributed by atoms with Crippen LogP contribution in [0.5, 0.6) is 5.75 Å². The van der Waals surface area contributed by atoms with Gasteiger partial charge in [0.05, 0.1) is 26.7 Å². The third kappa shape index (κ3) is 6.40. The van der Waals surface area contributed by atoms with Crippen molar-refractivity contribution in [3.05, 3.63) is 23.8 Å². The smallest absolute Gasteiger partial charge is 0.307 e. The minimum Gasteiger partial charge on any atom is -0.497 e. The third-order valence-corrected chi connectivity index (χ3v) is 5.62. The number of methoxy groups -OCH3 is 2. The van der Waals surface area contributed by atoms with E-state index in [0.717, 1.165) is 56.7 Å². The second kappa shape index (κ2) is 11.3. The summed E-state index contributed by atoms with van der Waals surface area (Å²) >= 11 is 0. The van der Waals surface area contributed by atoms with Gasteiger partial charge in [-0.25, -0.2) is 0 Å². The van der Waals surface area contributed by atoms with Crippen LogP contribution < -0.4 is 9.64 Å². The third-order valence-electron chi connectivity index (χ3n) is 5.62. The standard InChI is InChI=1S/C23H37NO4/c1-6-18(10-12-28-17(2)3)19-13-21(15-22(14-19)26-4)24-11-8-7-9-20(24)16-23(25)27-5/h13-15,17-18,20H,6-12,16H2,1-5H3. The maximum Gasteiger partial charge on any atom is 0.307 e. The highest BCUT2D eigenvalue weighted by Gasteiger charge is 2.26. The van der Waals surface area contributed by atoms with Crippen molar-refractivity contribution in [1.29, 1.82) is 0 Å². The molecule has 1 aliphatic heterocycles. The highest BCUT2D eigenvalue weighted by atomic mass is 16.5. The molecule has 1 fully saturated rings. The normalized spacial score (nSPS) is 18.2. The number of anilines is 1. The van der Waals surface area contributed by atoms with Gasteiger partial charge in [-0.2, -0.15) is 0 Å². The van der Waals surface area contributed by atoms with E-state index in [0.29, 0.717) is 12.3 Å². The zero-order chi connectivity index (χ0) is 20.5. The van der Waals surface area contributed by atoms with Crippen LogP contribution in [0.15, 0.2) is 18.2 Å². The molecule has 28 heavy (non-hydrogen) atoms. The summed E-state index contributed by atoms with van der Waals surface area (Å²) in [5.74, 6) is 1.16. The van der Waals surface area contributed by atoms with Crippen LogP contribution in [0.4, 0.5) is 5.69 Å². The van der Waals surface area contributed by atoms with E-state index in [9.17, 15) is 4.79 Å². The Balaban J connectivity index is 2.25. The van der Waals surface area contributed by atoms with Crippen molar-refractivity contribution < 1.29 is 19.0 Å². The Morgan fingerprint density at radius 3 is 2.64 bits per heavy atom. The molecular weight excluding hydrogens is 354 g/mol. The highest BCUT2D eigenvalue weighted by molar-refractivity contribution is 5.71. The molecule has 0 saturated carbocycles. The minimum atomic E-state index is -0.141. The second-order valence-electron chi connectivity index (χ2n) is 7.90. The van der Waals surface area contributed by atoms with Crippen molar-refractivity contribution in [2.45, 2.75) is 77.4 Å². The SMILES string of the molecule is CCC(CCOC(C)C)c1cc(OC)cc(N2CCCCC2CC(=O)OC)c1. The molecule has 0 amide bonds. The molecule has 0 aliphatic carbocycles. The Kier molecular flexibility index (Phi) is 9.10. The number of nitrogens with zero attached hydrogens (tertiary/aromatic N) is 1. The summed E-state index contributed by atoms with van der Waals surface area (Å²) in [6.45, 7) is 8.09. The number of rotatable bonds is 10. The van der Waals surface area contributed by atoms with Crippen LogP contribution in [0, 0.1) is 0 Å². The summed E-state index contributed by atoms with van der Waals surface area (Å²) < 4.78 is 16.3. The van der Waals surface area contributed by atoms with Gasteiger partial charge in [-0.05, 0) is 69.6 Å². The minimum absolute atomic E-state index is 0.141. The number of ether oxygens (including phenoxy) is 3. The van der Waals surface area contributed by atoms with Crippen molar-refractivity contribution >= 4 is 11.7 Å². The van der Waals surface area contributed by atoms with Gasteiger partial charge in [-0.3, -0.25) is 4.79 Å². The monoisotopic (exact) mass is 391 g/mol. The zero-order valence-electron chi connectivity index (χ0n) is 18.2. The van der Waals surface area contributed by atoms with Crippen LogP contribution in [0.3, 0.4) is 0 Å². The number of carbonyl (C=O) groups excluding carboxylic acids is 1. The molecule has 1 saturated heterocycles. The van der Waals surface area contributed by atoms with Crippen LogP contribution >= 0.6 is 0 Å². The summed E-state index contributed by atoms with van der Waals surface area (Å²) in [6, 6.07) is 6.70. The average molecular weight is 392 g/mol. The topological polar surface area (TPSA) is 48.0 Å². The van der Waals surface area contributed by atoms with Gasteiger partial charge in [-0.1, -0.05) is 6.92 Å². The van der Waals surface area contributed by atoms with Gasteiger partial charge >= 0.3 is 5.97 Å². The van der Waals surface area contributed by atoms with E-state index in [1.54, 1.807) is 7.11 Å². The summed E-state index contributed by atoms with van der Waals surface area (Å²) in [5.41, 5.74) is 2.43. The molecule has 1 aromatic rings. The molecule has 0 radical (unpaired) electrons. The first-order valence-corrected chi connectivity index (χ1v) is 10.6. The van der Waals surface area contributed by atoms with Crippen molar-refractivity contribution in [3.8, 4) is 5.75 Å². The fourth-order valence-corrected chi connectivity index (χ4v) is 4.01. The molecule has 2 unspecified atom stereocenters. The zero-order valence-corrected chi connectivity index (χ0v) is 18.2. The van der Waals surface area contributed by atoms with E-state index in [1.165, 1.54) is 12.7 Å². The van der Waals surface area contributed by atoms with E-state index in [4.69, 9.17) is 14.2 Å². The fraction of sp³-hybridized carbons (Fsp3) is 0.696. The van der Waals surface area contributed by atoms with Gasteiger partial charge in [0.15, 0.2) is 0 Å². The predicted molar refractivity (Wildman–Crippen MR) is 113 cm³/mol. The van der Waals surface area contributed by atoms with E-state index in [2.05, 4.69) is 43.9 Å². The van der Waals surface area contributed by atoms with Crippen LogP contribution in [0.25, 0.3) is 0 Å². The summed E-state index contributed by atoms with van der Waals surface area (Å²) in [4.78, 5) is 14.3. The Labute approximate surface area is 170 Å². The summed E-state index contributed by atoms with van der Waals surface area (Å²) in [5, 5.41) is 0. The maximum atomic E-state index is 11.9. The molecule has 1 aliphatic rings. The van der Waals surface area contributed by atoms with Crippen molar-refractivity contribution in [2.24, 2.45) is 0 Å².